The maximum absolute atomic E-state index is 11.0. The van der Waals surface area contributed by atoms with Crippen LogP contribution in [0.4, 0.5) is 5.69 Å². The fourth-order valence-corrected chi connectivity index (χ4v) is 1.91. The summed E-state index contributed by atoms with van der Waals surface area (Å²) < 4.78 is 0. The Morgan fingerprint density at radius 3 is 3.00 bits per heavy atom. The lowest BCUT2D eigenvalue weighted by atomic mass is 10.00. The van der Waals surface area contributed by atoms with Crippen molar-refractivity contribution in [1.82, 2.24) is 0 Å². The zero-order valence-corrected chi connectivity index (χ0v) is 8.29. The van der Waals surface area contributed by atoms with Gasteiger partial charge in [0.2, 0.25) is 5.91 Å². The zero-order chi connectivity index (χ0) is 10.1. The van der Waals surface area contributed by atoms with Gasteiger partial charge in [-0.05, 0) is 30.5 Å². The third-order valence-corrected chi connectivity index (χ3v) is 2.72. The molecule has 1 aliphatic rings. The molecule has 74 valence electrons. The van der Waals surface area contributed by atoms with E-state index >= 15 is 0 Å². The summed E-state index contributed by atoms with van der Waals surface area (Å²) in [6.07, 6.45) is 2.28. The summed E-state index contributed by atoms with van der Waals surface area (Å²) in [6.45, 7) is 1.05. The molecule has 2 rings (SSSR count). The van der Waals surface area contributed by atoms with Gasteiger partial charge in [-0.2, -0.15) is 0 Å². The first-order chi connectivity index (χ1) is 6.68. The van der Waals surface area contributed by atoms with Crippen molar-refractivity contribution < 1.29 is 4.79 Å². The van der Waals surface area contributed by atoms with E-state index < -0.39 is 0 Å². The van der Waals surface area contributed by atoms with Gasteiger partial charge in [0.25, 0.3) is 0 Å². The number of nitrogens with two attached hydrogens (primary N) is 1. The summed E-state index contributed by atoms with van der Waals surface area (Å²) in [7, 11) is 2.04. The highest BCUT2D eigenvalue weighted by molar-refractivity contribution is 5.94. The molecule has 3 heteroatoms. The number of primary amides is 1. The number of aryl methyl sites for hydroxylation is 1. The van der Waals surface area contributed by atoms with Gasteiger partial charge in [0.15, 0.2) is 0 Å². The van der Waals surface area contributed by atoms with Crippen molar-refractivity contribution in [1.29, 1.82) is 0 Å². The number of benzene rings is 1. The van der Waals surface area contributed by atoms with Crippen LogP contribution in [0.1, 0.15) is 22.3 Å². The van der Waals surface area contributed by atoms with Crippen LogP contribution in [0.15, 0.2) is 18.2 Å². The highest BCUT2D eigenvalue weighted by atomic mass is 16.1. The normalized spacial score (nSPS) is 15.1. The van der Waals surface area contributed by atoms with E-state index in [1.807, 2.05) is 19.2 Å². The first-order valence-corrected chi connectivity index (χ1v) is 4.82. The number of anilines is 1. The summed E-state index contributed by atoms with van der Waals surface area (Å²) in [5.74, 6) is -0.355. The Morgan fingerprint density at radius 2 is 2.29 bits per heavy atom. The summed E-state index contributed by atoms with van der Waals surface area (Å²) in [5.41, 5.74) is 8.28. The number of fused-ring (bicyclic) bond motifs is 1. The maximum atomic E-state index is 11.0. The largest absolute Gasteiger partial charge is 0.374 e. The average molecular weight is 190 g/mol. The quantitative estimate of drug-likeness (QED) is 0.722. The first kappa shape index (κ1) is 9.06. The smallest absolute Gasteiger partial charge is 0.248 e. The van der Waals surface area contributed by atoms with Crippen LogP contribution in [-0.2, 0) is 6.42 Å². The fourth-order valence-electron chi connectivity index (χ4n) is 1.91. The van der Waals surface area contributed by atoms with Crippen molar-refractivity contribution in [2.45, 2.75) is 12.8 Å². The van der Waals surface area contributed by atoms with Crippen LogP contribution in [0.5, 0.6) is 0 Å². The van der Waals surface area contributed by atoms with Gasteiger partial charge in [-0.1, -0.05) is 6.07 Å². The number of carbonyl (C=O) groups excluding carboxylic acids is 1. The highest BCUT2D eigenvalue weighted by Crippen LogP contribution is 2.26. The molecule has 0 saturated heterocycles. The molecule has 14 heavy (non-hydrogen) atoms. The van der Waals surface area contributed by atoms with E-state index in [0.29, 0.717) is 5.56 Å². The van der Waals surface area contributed by atoms with Gasteiger partial charge >= 0.3 is 0 Å². The summed E-state index contributed by atoms with van der Waals surface area (Å²) in [4.78, 5) is 13.2. The van der Waals surface area contributed by atoms with Crippen molar-refractivity contribution in [3.8, 4) is 0 Å². The van der Waals surface area contributed by atoms with Crippen molar-refractivity contribution in [2.24, 2.45) is 5.73 Å². The second kappa shape index (κ2) is 3.33. The molecule has 0 fully saturated rings. The Hall–Kier alpha value is -1.51. The Bertz CT molecular complexity index is 374. The summed E-state index contributed by atoms with van der Waals surface area (Å²) in [6, 6.07) is 5.70. The van der Waals surface area contributed by atoms with Gasteiger partial charge in [0, 0.05) is 24.8 Å². The molecule has 2 N–H and O–H groups in total. The van der Waals surface area contributed by atoms with Gasteiger partial charge in [0.05, 0.1) is 0 Å². The number of carbonyl (C=O) groups is 1. The van der Waals surface area contributed by atoms with Gasteiger partial charge in [-0.25, -0.2) is 0 Å². The van der Waals surface area contributed by atoms with Crippen LogP contribution in [0.3, 0.4) is 0 Å². The second-order valence-corrected chi connectivity index (χ2v) is 3.73. The third kappa shape index (κ3) is 1.45. The number of amides is 1. The molecule has 0 aliphatic carbocycles. The maximum Gasteiger partial charge on any atom is 0.248 e. The number of hydrogen-bond donors (Lipinski definition) is 1. The molecule has 0 spiro atoms. The fraction of sp³-hybridized carbons (Fsp3) is 0.364. The van der Waals surface area contributed by atoms with Crippen LogP contribution < -0.4 is 10.6 Å². The molecule has 0 aromatic heterocycles. The zero-order valence-electron chi connectivity index (χ0n) is 8.29. The molecule has 1 aromatic rings. The van der Waals surface area contributed by atoms with Crippen molar-refractivity contribution in [3.63, 3.8) is 0 Å². The number of rotatable bonds is 1. The molecule has 0 atom stereocenters. The van der Waals surface area contributed by atoms with Gasteiger partial charge in [-0.3, -0.25) is 4.79 Å². The van der Waals surface area contributed by atoms with E-state index in [1.165, 1.54) is 12.0 Å². The molecule has 0 bridgehead atoms. The predicted octanol–water partition coefficient (Wildman–Crippen LogP) is 1.17. The van der Waals surface area contributed by atoms with Gasteiger partial charge < -0.3 is 10.6 Å². The molecule has 1 aromatic carbocycles. The molecule has 1 heterocycles. The Kier molecular flexibility index (Phi) is 2.15. The summed E-state index contributed by atoms with van der Waals surface area (Å²) >= 11 is 0. The molecule has 1 amide bonds. The topological polar surface area (TPSA) is 46.3 Å². The molecule has 0 unspecified atom stereocenters. The first-order valence-electron chi connectivity index (χ1n) is 4.82. The van der Waals surface area contributed by atoms with Crippen molar-refractivity contribution in [2.75, 3.05) is 18.5 Å². The lowest BCUT2D eigenvalue weighted by Crippen LogP contribution is -2.25. The predicted molar refractivity (Wildman–Crippen MR) is 56.6 cm³/mol. The Labute approximate surface area is 83.5 Å². The lowest BCUT2D eigenvalue weighted by Gasteiger charge is -2.27. The number of nitrogens with zero attached hydrogens (tertiary/aromatic N) is 1. The Morgan fingerprint density at radius 1 is 1.50 bits per heavy atom. The lowest BCUT2D eigenvalue weighted by molar-refractivity contribution is 0.100. The minimum absolute atomic E-state index is 0.355. The minimum Gasteiger partial charge on any atom is -0.374 e. The van der Waals surface area contributed by atoms with Crippen molar-refractivity contribution in [3.05, 3.63) is 29.3 Å². The standard InChI is InChI=1S/C11H14N2O/c1-13-6-2-3-8-4-5-9(11(12)14)7-10(8)13/h4-5,7H,2-3,6H2,1H3,(H2,12,14). The van der Waals surface area contributed by atoms with E-state index in [1.54, 1.807) is 6.07 Å². The van der Waals surface area contributed by atoms with Crippen LogP contribution in [0, 0.1) is 0 Å². The minimum atomic E-state index is -0.355. The molecule has 0 radical (unpaired) electrons. The monoisotopic (exact) mass is 190 g/mol. The van der Waals surface area contributed by atoms with Crippen LogP contribution >= 0.6 is 0 Å². The van der Waals surface area contributed by atoms with E-state index in [-0.39, 0.29) is 5.91 Å². The second-order valence-electron chi connectivity index (χ2n) is 3.73. The number of hydrogen-bond acceptors (Lipinski definition) is 2. The van der Waals surface area contributed by atoms with Crippen LogP contribution in [0.25, 0.3) is 0 Å². The molecular weight excluding hydrogens is 176 g/mol. The van der Waals surface area contributed by atoms with E-state index in [2.05, 4.69) is 4.90 Å². The Balaban J connectivity index is 2.45. The highest BCUT2D eigenvalue weighted by Gasteiger charge is 2.14. The third-order valence-electron chi connectivity index (χ3n) is 2.72. The summed E-state index contributed by atoms with van der Waals surface area (Å²) in [5, 5.41) is 0. The van der Waals surface area contributed by atoms with E-state index in [9.17, 15) is 4.79 Å². The molecule has 1 aliphatic heterocycles. The van der Waals surface area contributed by atoms with Gasteiger partial charge in [-0.15, -0.1) is 0 Å². The van der Waals surface area contributed by atoms with Gasteiger partial charge in [0.1, 0.15) is 0 Å². The van der Waals surface area contributed by atoms with Crippen LogP contribution in [-0.4, -0.2) is 19.5 Å². The molecule has 3 nitrogen and oxygen atoms in total. The van der Waals surface area contributed by atoms with E-state index in [0.717, 1.165) is 18.7 Å². The SMILES string of the molecule is CN1CCCc2ccc(C(N)=O)cc21. The van der Waals surface area contributed by atoms with E-state index in [4.69, 9.17) is 5.73 Å². The molecule has 0 saturated carbocycles. The van der Waals surface area contributed by atoms with Crippen LogP contribution in [0.2, 0.25) is 0 Å². The van der Waals surface area contributed by atoms with Crippen molar-refractivity contribution >= 4 is 11.6 Å². The molecular formula is C11H14N2O. The average Bonchev–Trinajstić information content (AvgIpc) is 2.18.